The van der Waals surface area contributed by atoms with Crippen molar-refractivity contribution in [3.8, 4) is 22.4 Å². The number of fused-ring (bicyclic) bond motifs is 1. The molecule has 186 valence electrons. The molecule has 1 atom stereocenters. The van der Waals surface area contributed by atoms with Crippen LogP contribution in [-0.2, 0) is 9.53 Å². The average Bonchev–Trinajstić information content (AvgIpc) is 3.35. The van der Waals surface area contributed by atoms with Gasteiger partial charge in [-0.25, -0.2) is 14.2 Å². The maximum absolute atomic E-state index is 14.5. The van der Waals surface area contributed by atoms with Crippen molar-refractivity contribution >= 4 is 33.4 Å². The third kappa shape index (κ3) is 4.59. The van der Waals surface area contributed by atoms with E-state index in [1.54, 1.807) is 17.6 Å². The van der Waals surface area contributed by atoms with E-state index in [2.05, 4.69) is 26.0 Å². The second kappa shape index (κ2) is 10.3. The number of rotatable bonds is 6. The van der Waals surface area contributed by atoms with Crippen LogP contribution in [0, 0.1) is 5.92 Å². The van der Waals surface area contributed by atoms with Crippen molar-refractivity contribution in [1.29, 1.82) is 0 Å². The molecule has 7 nitrogen and oxygen atoms in total. The molecule has 36 heavy (non-hydrogen) atoms. The second-order valence-electron chi connectivity index (χ2n) is 9.05. The first-order valence-electron chi connectivity index (χ1n) is 12.1. The van der Waals surface area contributed by atoms with Gasteiger partial charge >= 0.3 is 5.97 Å². The van der Waals surface area contributed by atoms with Crippen molar-refractivity contribution in [2.75, 3.05) is 12.3 Å². The first-order valence-corrected chi connectivity index (χ1v) is 12.9. The van der Waals surface area contributed by atoms with Crippen molar-refractivity contribution < 1.29 is 13.9 Å². The molecule has 0 amide bonds. The van der Waals surface area contributed by atoms with Crippen LogP contribution in [0.5, 0.6) is 0 Å². The summed E-state index contributed by atoms with van der Waals surface area (Å²) in [5, 5.41) is 4.46. The largest absolute Gasteiger partial charge is 0.464 e. The molecule has 1 aliphatic rings. The number of ether oxygens (including phenoxy) is 1. The zero-order valence-electron chi connectivity index (χ0n) is 19.9. The highest BCUT2D eigenvalue weighted by atomic mass is 79.9. The summed E-state index contributed by atoms with van der Waals surface area (Å²) in [7, 11) is 0. The fourth-order valence-electron chi connectivity index (χ4n) is 4.92. The van der Waals surface area contributed by atoms with Crippen LogP contribution in [0.1, 0.15) is 44.2 Å². The number of hydrogen-bond acceptors (Lipinski definition) is 6. The van der Waals surface area contributed by atoms with Crippen LogP contribution >= 0.6 is 15.9 Å². The minimum Gasteiger partial charge on any atom is -0.464 e. The van der Waals surface area contributed by atoms with E-state index < -0.39 is 12.1 Å². The Balaban J connectivity index is 1.41. The number of nitrogens with two attached hydrogens (primary N) is 1. The highest BCUT2D eigenvalue weighted by Crippen LogP contribution is 2.42. The van der Waals surface area contributed by atoms with E-state index in [1.165, 1.54) is 0 Å². The number of carbonyl (C=O) groups is 1. The van der Waals surface area contributed by atoms with Gasteiger partial charge in [0.25, 0.3) is 0 Å². The highest BCUT2D eigenvalue weighted by Gasteiger charge is 2.35. The Kier molecular flexibility index (Phi) is 7.00. The molecule has 1 aliphatic carbocycles. The van der Waals surface area contributed by atoms with Gasteiger partial charge in [-0.1, -0.05) is 36.4 Å². The third-order valence-electron chi connectivity index (χ3n) is 6.88. The van der Waals surface area contributed by atoms with Gasteiger partial charge in [-0.15, -0.1) is 0 Å². The number of aromatic nitrogens is 4. The van der Waals surface area contributed by atoms with E-state index in [9.17, 15) is 9.18 Å². The van der Waals surface area contributed by atoms with Crippen molar-refractivity contribution in [2.45, 2.75) is 44.7 Å². The third-order valence-corrected chi connectivity index (χ3v) is 7.69. The minimum absolute atomic E-state index is 0.0960. The first kappa shape index (κ1) is 24.4. The molecule has 1 fully saturated rings. The lowest BCUT2D eigenvalue weighted by Gasteiger charge is -2.30. The van der Waals surface area contributed by atoms with Crippen LogP contribution in [0.3, 0.4) is 0 Å². The maximum Gasteiger partial charge on any atom is 0.341 e. The van der Waals surface area contributed by atoms with E-state index in [1.807, 2.05) is 48.7 Å². The molecule has 1 saturated carbocycles. The van der Waals surface area contributed by atoms with Crippen LogP contribution in [0.2, 0.25) is 0 Å². The molecular weight excluding hydrogens is 525 g/mol. The Morgan fingerprint density at radius 3 is 2.56 bits per heavy atom. The van der Waals surface area contributed by atoms with Crippen LogP contribution in [0.15, 0.2) is 59.3 Å². The quantitative estimate of drug-likeness (QED) is 0.296. The summed E-state index contributed by atoms with van der Waals surface area (Å²) in [5.41, 5.74) is 11.6. The summed E-state index contributed by atoms with van der Waals surface area (Å²) < 4.78 is 21.7. The second-order valence-corrected chi connectivity index (χ2v) is 9.85. The van der Waals surface area contributed by atoms with Gasteiger partial charge in [0.15, 0.2) is 11.8 Å². The van der Waals surface area contributed by atoms with Gasteiger partial charge in [-0.05, 0) is 54.6 Å². The summed E-state index contributed by atoms with van der Waals surface area (Å²) >= 11 is 3.62. The van der Waals surface area contributed by atoms with Gasteiger partial charge in [0.2, 0.25) is 0 Å². The smallest absolute Gasteiger partial charge is 0.341 e. The van der Waals surface area contributed by atoms with Crippen molar-refractivity contribution in [2.24, 2.45) is 5.92 Å². The molecule has 3 heterocycles. The van der Waals surface area contributed by atoms with Gasteiger partial charge in [-0.3, -0.25) is 4.98 Å². The summed E-state index contributed by atoms with van der Waals surface area (Å²) in [5.74, 6) is -0.535. The van der Waals surface area contributed by atoms with Crippen molar-refractivity contribution in [1.82, 2.24) is 19.6 Å². The number of carbonyl (C=O) groups excluding carboxylic acids is 1. The Bertz CT molecular complexity index is 1370. The Hall–Kier alpha value is -3.33. The molecule has 9 heteroatoms. The fraction of sp³-hybridized carbons (Fsp3) is 0.333. The van der Waals surface area contributed by atoms with Crippen LogP contribution in [0.4, 0.5) is 10.2 Å². The monoisotopic (exact) mass is 551 g/mol. The van der Waals surface area contributed by atoms with Gasteiger partial charge < -0.3 is 10.5 Å². The lowest BCUT2D eigenvalue weighted by atomic mass is 9.78. The molecule has 0 aliphatic heterocycles. The maximum atomic E-state index is 14.5. The number of pyridine rings is 1. The van der Waals surface area contributed by atoms with Gasteiger partial charge in [0.05, 0.1) is 28.7 Å². The summed E-state index contributed by atoms with van der Waals surface area (Å²) in [6, 6.07) is 14.0. The number of alkyl halides is 1. The van der Waals surface area contributed by atoms with Crippen LogP contribution in [0.25, 0.3) is 28.0 Å². The topological polar surface area (TPSA) is 95.4 Å². The molecule has 1 unspecified atom stereocenters. The van der Waals surface area contributed by atoms with Gasteiger partial charge in [0, 0.05) is 34.7 Å². The predicted molar refractivity (Wildman–Crippen MR) is 140 cm³/mol. The molecule has 0 spiro atoms. The zero-order valence-corrected chi connectivity index (χ0v) is 21.5. The SMILES string of the molecule is CCOC(=O)C(F)C1CCC(c2nc3c(-c4ccc(-c5ccccc5)nc4)cnn3c(N)c2Br)CC1. The number of esters is 1. The number of benzene rings is 1. The van der Waals surface area contributed by atoms with E-state index in [0.717, 1.165) is 28.1 Å². The molecule has 0 saturated heterocycles. The first-order chi connectivity index (χ1) is 17.5. The van der Waals surface area contributed by atoms with Crippen LogP contribution in [-0.4, -0.2) is 38.3 Å². The molecule has 0 radical (unpaired) electrons. The molecular formula is C27H27BrFN5O2. The Morgan fingerprint density at radius 1 is 1.14 bits per heavy atom. The number of halogens is 2. The van der Waals surface area contributed by atoms with E-state index in [-0.39, 0.29) is 18.4 Å². The molecule has 5 rings (SSSR count). The van der Waals surface area contributed by atoms with Crippen LogP contribution < -0.4 is 5.73 Å². The zero-order chi connectivity index (χ0) is 25.2. The molecule has 1 aromatic carbocycles. The average molecular weight is 552 g/mol. The van der Waals surface area contributed by atoms with E-state index in [4.69, 9.17) is 15.5 Å². The van der Waals surface area contributed by atoms with E-state index in [0.29, 0.717) is 41.6 Å². The molecule has 4 aromatic rings. The number of anilines is 1. The fourth-order valence-corrected chi connectivity index (χ4v) is 5.50. The highest BCUT2D eigenvalue weighted by molar-refractivity contribution is 9.10. The van der Waals surface area contributed by atoms with Crippen molar-refractivity contribution in [3.63, 3.8) is 0 Å². The normalized spacial score (nSPS) is 18.8. The van der Waals surface area contributed by atoms with Gasteiger partial charge in [0.1, 0.15) is 5.82 Å². The number of hydrogen-bond donors (Lipinski definition) is 1. The Morgan fingerprint density at radius 2 is 1.89 bits per heavy atom. The van der Waals surface area contributed by atoms with Crippen molar-refractivity contribution in [3.05, 3.63) is 65.0 Å². The summed E-state index contributed by atoms with van der Waals surface area (Å²) in [6.07, 6.45) is 4.58. The van der Waals surface area contributed by atoms with Gasteiger partial charge in [-0.2, -0.15) is 9.61 Å². The summed E-state index contributed by atoms with van der Waals surface area (Å²) in [6.45, 7) is 1.87. The lowest BCUT2D eigenvalue weighted by molar-refractivity contribution is -0.151. The van der Waals surface area contributed by atoms with E-state index >= 15 is 0 Å². The summed E-state index contributed by atoms with van der Waals surface area (Å²) in [4.78, 5) is 21.4. The molecule has 0 bridgehead atoms. The Labute approximate surface area is 217 Å². The number of nitrogens with zero attached hydrogens (tertiary/aromatic N) is 4. The molecule has 2 N–H and O–H groups in total. The molecule has 3 aromatic heterocycles. The minimum atomic E-state index is -1.58. The lowest BCUT2D eigenvalue weighted by Crippen LogP contribution is -2.30. The number of nitrogen functional groups attached to an aromatic ring is 1. The standard InChI is InChI=1S/C27H27BrFN5O2/c1-2-36-27(35)23(29)17-8-10-18(11-9-17)24-22(28)25(30)34-26(33-24)20(15-32-34)19-12-13-21(31-14-19)16-6-4-3-5-7-16/h3-7,12-15,17-18,23H,2,8-11,30H2,1H3. The predicted octanol–water partition coefficient (Wildman–Crippen LogP) is 5.98.